The summed E-state index contributed by atoms with van der Waals surface area (Å²) >= 11 is 0. The first-order chi connectivity index (χ1) is 17.5. The van der Waals surface area contributed by atoms with E-state index in [-0.39, 0.29) is 35.5 Å². The monoisotopic (exact) mass is 486 g/mol. The number of nitrogen functional groups attached to an aromatic ring is 1. The van der Waals surface area contributed by atoms with E-state index in [1.807, 2.05) is 29.3 Å². The second-order valence-electron chi connectivity index (χ2n) is 9.48. The van der Waals surface area contributed by atoms with Gasteiger partial charge in [-0.1, -0.05) is 6.07 Å². The predicted molar refractivity (Wildman–Crippen MR) is 130 cm³/mol. The van der Waals surface area contributed by atoms with E-state index in [0.717, 1.165) is 24.0 Å². The quantitative estimate of drug-likeness (QED) is 0.408. The van der Waals surface area contributed by atoms with Crippen LogP contribution in [0.1, 0.15) is 54.6 Å². The molecule has 3 N–H and O–H groups in total. The molecule has 6 heterocycles. The van der Waals surface area contributed by atoms with E-state index < -0.39 is 6.61 Å². The van der Waals surface area contributed by atoms with Crippen LogP contribution in [0.5, 0.6) is 0 Å². The maximum atomic E-state index is 12.7. The molecule has 2 aliphatic heterocycles. The van der Waals surface area contributed by atoms with Gasteiger partial charge in [0.1, 0.15) is 12.4 Å². The number of Topliss-reactive ketones (excluding diaryl/α,β-unsaturated/α-hetero) is 1. The average molecular weight is 487 g/mol. The second kappa shape index (κ2) is 8.52. The molecule has 0 aromatic carbocycles. The predicted octanol–water partition coefficient (Wildman–Crippen LogP) is 1.99. The van der Waals surface area contributed by atoms with Gasteiger partial charge >= 0.3 is 0 Å². The molecule has 0 spiro atoms. The number of carbonyl (C=O) groups is 2. The van der Waals surface area contributed by atoms with Gasteiger partial charge in [0.25, 0.3) is 0 Å². The van der Waals surface area contributed by atoms with Gasteiger partial charge in [0.15, 0.2) is 17.2 Å². The number of aliphatic hydroxyl groups is 1. The number of ketones is 1. The Labute approximate surface area is 206 Å². The number of hydrogen-bond donors (Lipinski definition) is 2. The number of aliphatic hydroxyl groups excluding tert-OH is 1. The molecule has 2 unspecified atom stereocenters. The maximum Gasteiger partial charge on any atom is 0.248 e. The van der Waals surface area contributed by atoms with Crippen molar-refractivity contribution >= 4 is 23.2 Å². The highest BCUT2D eigenvalue weighted by atomic mass is 16.3. The van der Waals surface area contributed by atoms with Gasteiger partial charge in [-0.25, -0.2) is 14.6 Å². The highest BCUT2D eigenvalue weighted by molar-refractivity contribution is 6.00. The minimum absolute atomic E-state index is 0.0217. The number of fused-ring (bicyclic) bond motifs is 3. The first-order valence-electron chi connectivity index (χ1n) is 12.0. The van der Waals surface area contributed by atoms with Crippen LogP contribution in [0.3, 0.4) is 0 Å². The average Bonchev–Trinajstić information content (AvgIpc) is 3.60. The fraction of sp³-hybridized carbons (Fsp3) is 0.360. The van der Waals surface area contributed by atoms with E-state index in [9.17, 15) is 14.7 Å². The summed E-state index contributed by atoms with van der Waals surface area (Å²) < 4.78 is 3.19. The lowest BCUT2D eigenvalue weighted by atomic mass is 9.85. The molecule has 0 aliphatic carbocycles. The molecule has 2 bridgehead atoms. The number of hydrogen-bond acceptors (Lipinski definition) is 8. The minimum Gasteiger partial charge on any atom is -0.387 e. The van der Waals surface area contributed by atoms with Gasteiger partial charge in [-0.3, -0.25) is 9.59 Å². The van der Waals surface area contributed by atoms with Gasteiger partial charge in [-0.05, 0) is 44.7 Å². The highest BCUT2D eigenvalue weighted by Crippen LogP contribution is 2.44. The van der Waals surface area contributed by atoms with Crippen LogP contribution in [0.2, 0.25) is 0 Å². The summed E-state index contributed by atoms with van der Waals surface area (Å²) in [6.07, 6.45) is 10.1. The topological polar surface area (TPSA) is 145 Å². The maximum absolute atomic E-state index is 12.7. The molecule has 2 saturated heterocycles. The summed E-state index contributed by atoms with van der Waals surface area (Å²) in [7, 11) is 0. The molecule has 184 valence electrons. The Morgan fingerprint density at radius 1 is 1.14 bits per heavy atom. The fourth-order valence-electron chi connectivity index (χ4n) is 5.86. The van der Waals surface area contributed by atoms with E-state index in [2.05, 4.69) is 15.2 Å². The SMILES string of the molecule is CC(=O)c1c(C2CC3CCC(C2)N3C(=O)CO)nc2c(-c3cnn(-c4ccccn4)c3)cnn2c1N. The van der Waals surface area contributed by atoms with Gasteiger partial charge < -0.3 is 15.7 Å². The zero-order valence-corrected chi connectivity index (χ0v) is 19.8. The number of amides is 1. The third-order valence-corrected chi connectivity index (χ3v) is 7.38. The molecule has 2 aliphatic rings. The summed E-state index contributed by atoms with van der Waals surface area (Å²) in [5, 5.41) is 18.3. The van der Waals surface area contributed by atoms with Crippen molar-refractivity contribution in [2.75, 3.05) is 12.3 Å². The summed E-state index contributed by atoms with van der Waals surface area (Å²) in [6, 6.07) is 5.64. The number of nitrogens with zero attached hydrogens (tertiary/aromatic N) is 7. The first-order valence-corrected chi connectivity index (χ1v) is 12.0. The van der Waals surface area contributed by atoms with Crippen molar-refractivity contribution in [3.8, 4) is 16.9 Å². The number of pyridine rings is 1. The summed E-state index contributed by atoms with van der Waals surface area (Å²) in [4.78, 5) is 36.2. The van der Waals surface area contributed by atoms with Crippen molar-refractivity contribution in [2.45, 2.75) is 50.6 Å². The molecule has 0 saturated carbocycles. The van der Waals surface area contributed by atoms with Crippen LogP contribution < -0.4 is 5.73 Å². The molecule has 4 aromatic rings. The van der Waals surface area contributed by atoms with Gasteiger partial charge in [0, 0.05) is 41.5 Å². The minimum atomic E-state index is -0.487. The van der Waals surface area contributed by atoms with Gasteiger partial charge in [0.05, 0.1) is 23.7 Å². The van der Waals surface area contributed by atoms with Crippen molar-refractivity contribution in [2.24, 2.45) is 0 Å². The van der Waals surface area contributed by atoms with Crippen molar-refractivity contribution in [1.82, 2.24) is 34.3 Å². The van der Waals surface area contributed by atoms with Gasteiger partial charge in [-0.15, -0.1) is 0 Å². The number of carbonyl (C=O) groups excluding carboxylic acids is 2. The molecule has 2 fully saturated rings. The van der Waals surface area contributed by atoms with Gasteiger partial charge in [-0.2, -0.15) is 14.7 Å². The number of aromatic nitrogens is 6. The van der Waals surface area contributed by atoms with Crippen LogP contribution >= 0.6 is 0 Å². The van der Waals surface area contributed by atoms with E-state index in [1.165, 1.54) is 11.4 Å². The standard InChI is InChI=1S/C25H26N8O3/c1-14(35)22-23(15-8-17-5-6-18(9-15)32(17)21(36)13-34)30-25-19(11-29-33(25)24(22)26)16-10-28-31(12-16)20-4-2-3-7-27-20/h2-4,7,10-12,15,17-18,34H,5-6,8-9,13,26H2,1H3. The van der Waals surface area contributed by atoms with Crippen LogP contribution in [-0.4, -0.2) is 69.7 Å². The smallest absolute Gasteiger partial charge is 0.248 e. The summed E-state index contributed by atoms with van der Waals surface area (Å²) in [5.74, 6) is 0.506. The third-order valence-electron chi connectivity index (χ3n) is 7.38. The molecular formula is C25H26N8O3. The molecule has 11 nitrogen and oxygen atoms in total. The molecule has 0 radical (unpaired) electrons. The summed E-state index contributed by atoms with van der Waals surface area (Å²) in [6.45, 7) is 1.00. The van der Waals surface area contributed by atoms with Crippen molar-refractivity contribution in [1.29, 1.82) is 0 Å². The zero-order valence-electron chi connectivity index (χ0n) is 19.8. The van der Waals surface area contributed by atoms with Crippen LogP contribution in [0.4, 0.5) is 5.82 Å². The second-order valence-corrected chi connectivity index (χ2v) is 9.48. The molecule has 2 atom stereocenters. The lowest BCUT2D eigenvalue weighted by molar-refractivity contribution is -0.138. The highest BCUT2D eigenvalue weighted by Gasteiger charge is 2.44. The Bertz CT molecular complexity index is 1460. The van der Waals surface area contributed by atoms with Crippen molar-refractivity contribution in [3.05, 3.63) is 54.2 Å². The van der Waals surface area contributed by atoms with Crippen LogP contribution in [0.15, 0.2) is 43.0 Å². The lowest BCUT2D eigenvalue weighted by Crippen LogP contribution is -2.47. The van der Waals surface area contributed by atoms with Crippen molar-refractivity contribution in [3.63, 3.8) is 0 Å². The summed E-state index contributed by atoms with van der Waals surface area (Å²) in [5.41, 5.74) is 9.64. The number of anilines is 1. The Balaban J connectivity index is 1.43. The normalized spacial score (nSPS) is 21.3. The van der Waals surface area contributed by atoms with Gasteiger partial charge in [0.2, 0.25) is 5.91 Å². The fourth-order valence-corrected chi connectivity index (χ4v) is 5.86. The van der Waals surface area contributed by atoms with E-state index in [4.69, 9.17) is 10.7 Å². The van der Waals surface area contributed by atoms with E-state index in [0.29, 0.717) is 35.6 Å². The molecule has 4 aromatic heterocycles. The lowest BCUT2D eigenvalue weighted by Gasteiger charge is -2.39. The van der Waals surface area contributed by atoms with Crippen LogP contribution in [0, 0.1) is 0 Å². The third kappa shape index (κ3) is 3.46. The van der Waals surface area contributed by atoms with E-state index >= 15 is 0 Å². The zero-order chi connectivity index (χ0) is 25.0. The van der Waals surface area contributed by atoms with Crippen LogP contribution in [-0.2, 0) is 4.79 Å². The Kier molecular flexibility index (Phi) is 5.29. The molecule has 36 heavy (non-hydrogen) atoms. The first kappa shape index (κ1) is 22.4. The molecule has 11 heteroatoms. The largest absolute Gasteiger partial charge is 0.387 e. The molecule has 6 rings (SSSR count). The Morgan fingerprint density at radius 2 is 1.92 bits per heavy atom. The molecular weight excluding hydrogens is 460 g/mol. The number of rotatable bonds is 5. The number of nitrogens with two attached hydrogens (primary N) is 1. The Morgan fingerprint density at radius 3 is 2.58 bits per heavy atom. The van der Waals surface area contributed by atoms with Crippen molar-refractivity contribution < 1.29 is 14.7 Å². The number of piperidine rings is 1. The van der Waals surface area contributed by atoms with Crippen LogP contribution in [0.25, 0.3) is 22.6 Å². The molecule has 1 amide bonds. The van der Waals surface area contributed by atoms with E-state index in [1.54, 1.807) is 23.3 Å². The Hall–Kier alpha value is -4.12.